The van der Waals surface area contributed by atoms with Crippen LogP contribution in [-0.4, -0.2) is 13.3 Å². The molecule has 0 aliphatic carbocycles. The Bertz CT molecular complexity index is 350. The minimum atomic E-state index is 0.339. The largest absolute Gasteiger partial charge is 0.454 e. The van der Waals surface area contributed by atoms with Crippen molar-refractivity contribution in [1.29, 1.82) is 0 Å². The van der Waals surface area contributed by atoms with Gasteiger partial charge in [0.1, 0.15) is 0 Å². The summed E-state index contributed by atoms with van der Waals surface area (Å²) < 4.78 is 10.6. The molecule has 1 aromatic carbocycles. The molecule has 1 aliphatic rings. The molecule has 88 valence electrons. The van der Waals surface area contributed by atoms with Gasteiger partial charge in [-0.3, -0.25) is 0 Å². The maximum atomic E-state index is 5.32. The van der Waals surface area contributed by atoms with Crippen molar-refractivity contribution in [3.05, 3.63) is 18.2 Å². The summed E-state index contributed by atoms with van der Waals surface area (Å²) >= 11 is 0. The van der Waals surface area contributed by atoms with Crippen LogP contribution >= 0.6 is 0 Å². The molecule has 0 spiro atoms. The predicted molar refractivity (Wildman–Crippen MR) is 65.1 cm³/mol. The SMILES string of the molecule is CC(C)CCCNc1ccc2c(c1)OCO2. The number of ether oxygens (including phenoxy) is 2. The van der Waals surface area contributed by atoms with Crippen LogP contribution in [0, 0.1) is 5.92 Å². The summed E-state index contributed by atoms with van der Waals surface area (Å²) in [5.41, 5.74) is 1.10. The summed E-state index contributed by atoms with van der Waals surface area (Å²) in [6.07, 6.45) is 2.46. The number of fused-ring (bicyclic) bond motifs is 1. The molecule has 3 heteroatoms. The van der Waals surface area contributed by atoms with Crippen molar-refractivity contribution in [2.75, 3.05) is 18.7 Å². The smallest absolute Gasteiger partial charge is 0.231 e. The Hall–Kier alpha value is -1.38. The predicted octanol–water partition coefficient (Wildman–Crippen LogP) is 3.26. The van der Waals surface area contributed by atoms with E-state index in [1.165, 1.54) is 12.8 Å². The van der Waals surface area contributed by atoms with E-state index in [2.05, 4.69) is 19.2 Å². The third kappa shape index (κ3) is 2.81. The number of anilines is 1. The Kier molecular flexibility index (Phi) is 3.54. The van der Waals surface area contributed by atoms with Gasteiger partial charge in [-0.2, -0.15) is 0 Å². The Morgan fingerprint density at radius 3 is 2.88 bits per heavy atom. The van der Waals surface area contributed by atoms with Crippen molar-refractivity contribution in [1.82, 2.24) is 0 Å². The van der Waals surface area contributed by atoms with Gasteiger partial charge in [0.05, 0.1) is 0 Å². The quantitative estimate of drug-likeness (QED) is 0.774. The molecular weight excluding hydrogens is 202 g/mol. The molecule has 1 aromatic rings. The van der Waals surface area contributed by atoms with E-state index in [-0.39, 0.29) is 0 Å². The van der Waals surface area contributed by atoms with Crippen molar-refractivity contribution in [3.63, 3.8) is 0 Å². The van der Waals surface area contributed by atoms with Gasteiger partial charge in [-0.15, -0.1) is 0 Å². The van der Waals surface area contributed by atoms with Crippen LogP contribution in [0.4, 0.5) is 5.69 Å². The number of hydrogen-bond donors (Lipinski definition) is 1. The van der Waals surface area contributed by atoms with Crippen LogP contribution in [0.3, 0.4) is 0 Å². The zero-order valence-electron chi connectivity index (χ0n) is 9.95. The van der Waals surface area contributed by atoms with E-state index in [4.69, 9.17) is 9.47 Å². The molecule has 0 radical (unpaired) electrons. The Morgan fingerprint density at radius 2 is 2.06 bits per heavy atom. The number of benzene rings is 1. The molecule has 0 unspecified atom stereocenters. The van der Waals surface area contributed by atoms with Crippen molar-refractivity contribution in [2.45, 2.75) is 26.7 Å². The summed E-state index contributed by atoms with van der Waals surface area (Å²) in [5, 5.41) is 3.39. The Morgan fingerprint density at radius 1 is 1.25 bits per heavy atom. The van der Waals surface area contributed by atoms with Crippen LogP contribution in [-0.2, 0) is 0 Å². The van der Waals surface area contributed by atoms with Gasteiger partial charge >= 0.3 is 0 Å². The number of hydrogen-bond acceptors (Lipinski definition) is 3. The first kappa shape index (κ1) is 11.1. The van der Waals surface area contributed by atoms with Gasteiger partial charge in [-0.25, -0.2) is 0 Å². The van der Waals surface area contributed by atoms with Crippen LogP contribution in [0.15, 0.2) is 18.2 Å². The van der Waals surface area contributed by atoms with Gasteiger partial charge in [0.15, 0.2) is 11.5 Å². The van der Waals surface area contributed by atoms with Gasteiger partial charge in [0.2, 0.25) is 6.79 Å². The average molecular weight is 221 g/mol. The minimum Gasteiger partial charge on any atom is -0.454 e. The van der Waals surface area contributed by atoms with E-state index in [0.717, 1.165) is 29.6 Å². The summed E-state index contributed by atoms with van der Waals surface area (Å²) in [6.45, 7) is 5.85. The van der Waals surface area contributed by atoms with E-state index in [1.807, 2.05) is 18.2 Å². The standard InChI is InChI=1S/C13H19NO2/c1-10(2)4-3-7-14-11-5-6-12-13(8-11)16-9-15-12/h5-6,8,10,14H,3-4,7,9H2,1-2H3. The van der Waals surface area contributed by atoms with Gasteiger partial charge in [-0.1, -0.05) is 13.8 Å². The normalized spacial score (nSPS) is 13.2. The van der Waals surface area contributed by atoms with E-state index >= 15 is 0 Å². The molecule has 0 saturated heterocycles. The summed E-state index contributed by atoms with van der Waals surface area (Å²) in [7, 11) is 0. The van der Waals surface area contributed by atoms with Gasteiger partial charge < -0.3 is 14.8 Å². The third-order valence-electron chi connectivity index (χ3n) is 2.66. The molecule has 0 bridgehead atoms. The van der Waals surface area contributed by atoms with Gasteiger partial charge in [-0.05, 0) is 30.9 Å². The molecule has 0 aromatic heterocycles. The second kappa shape index (κ2) is 5.10. The fraction of sp³-hybridized carbons (Fsp3) is 0.538. The monoisotopic (exact) mass is 221 g/mol. The van der Waals surface area contributed by atoms with Crippen LogP contribution in [0.5, 0.6) is 11.5 Å². The first-order valence-electron chi connectivity index (χ1n) is 5.89. The summed E-state index contributed by atoms with van der Waals surface area (Å²) in [6, 6.07) is 5.98. The maximum Gasteiger partial charge on any atom is 0.231 e. The zero-order chi connectivity index (χ0) is 11.4. The topological polar surface area (TPSA) is 30.5 Å². The Balaban J connectivity index is 1.81. The highest BCUT2D eigenvalue weighted by molar-refractivity contribution is 5.55. The van der Waals surface area contributed by atoms with E-state index in [0.29, 0.717) is 6.79 Å². The lowest BCUT2D eigenvalue weighted by atomic mass is 10.1. The molecule has 2 rings (SSSR count). The van der Waals surface area contributed by atoms with Crippen LogP contribution in [0.2, 0.25) is 0 Å². The lowest BCUT2D eigenvalue weighted by molar-refractivity contribution is 0.174. The highest BCUT2D eigenvalue weighted by atomic mass is 16.7. The number of nitrogens with one attached hydrogen (secondary N) is 1. The fourth-order valence-electron chi connectivity index (χ4n) is 1.75. The first-order chi connectivity index (χ1) is 7.75. The second-order valence-electron chi connectivity index (χ2n) is 4.53. The molecular formula is C13H19NO2. The zero-order valence-corrected chi connectivity index (χ0v) is 9.95. The van der Waals surface area contributed by atoms with Crippen LogP contribution in [0.1, 0.15) is 26.7 Å². The Labute approximate surface area is 96.8 Å². The van der Waals surface area contributed by atoms with Crippen LogP contribution in [0.25, 0.3) is 0 Å². The lowest BCUT2D eigenvalue weighted by Gasteiger charge is -2.08. The summed E-state index contributed by atoms with van der Waals surface area (Å²) in [5.74, 6) is 2.46. The number of rotatable bonds is 5. The van der Waals surface area contributed by atoms with E-state index < -0.39 is 0 Å². The molecule has 1 N–H and O–H groups in total. The molecule has 1 aliphatic heterocycles. The fourth-order valence-corrected chi connectivity index (χ4v) is 1.75. The molecule has 1 heterocycles. The highest BCUT2D eigenvalue weighted by Gasteiger charge is 2.12. The molecule has 16 heavy (non-hydrogen) atoms. The van der Waals surface area contributed by atoms with Gasteiger partial charge in [0.25, 0.3) is 0 Å². The van der Waals surface area contributed by atoms with Crippen molar-refractivity contribution in [2.24, 2.45) is 5.92 Å². The molecule has 0 saturated carbocycles. The minimum absolute atomic E-state index is 0.339. The summed E-state index contributed by atoms with van der Waals surface area (Å²) in [4.78, 5) is 0. The van der Waals surface area contributed by atoms with E-state index in [9.17, 15) is 0 Å². The molecule has 0 fully saturated rings. The van der Waals surface area contributed by atoms with Gasteiger partial charge in [0, 0.05) is 18.3 Å². The molecule has 0 amide bonds. The second-order valence-corrected chi connectivity index (χ2v) is 4.53. The van der Waals surface area contributed by atoms with Crippen molar-refractivity contribution < 1.29 is 9.47 Å². The van der Waals surface area contributed by atoms with Crippen molar-refractivity contribution in [3.8, 4) is 11.5 Å². The van der Waals surface area contributed by atoms with E-state index in [1.54, 1.807) is 0 Å². The lowest BCUT2D eigenvalue weighted by Crippen LogP contribution is -2.02. The first-order valence-corrected chi connectivity index (χ1v) is 5.89. The van der Waals surface area contributed by atoms with Crippen molar-refractivity contribution >= 4 is 5.69 Å². The third-order valence-corrected chi connectivity index (χ3v) is 2.66. The maximum absolute atomic E-state index is 5.32. The highest BCUT2D eigenvalue weighted by Crippen LogP contribution is 2.34. The average Bonchev–Trinajstić information content (AvgIpc) is 2.71. The molecule has 3 nitrogen and oxygen atoms in total. The van der Waals surface area contributed by atoms with Crippen LogP contribution < -0.4 is 14.8 Å². The molecule has 0 atom stereocenters.